The van der Waals surface area contributed by atoms with Gasteiger partial charge in [-0.05, 0) is 23.8 Å². The molecule has 0 spiro atoms. The van der Waals surface area contributed by atoms with Crippen LogP contribution in [0.4, 0.5) is 13.2 Å². The number of carboxylic acids is 1. The van der Waals surface area contributed by atoms with Gasteiger partial charge in [0, 0.05) is 16.7 Å². The van der Waals surface area contributed by atoms with Crippen LogP contribution >= 0.6 is 11.6 Å². The van der Waals surface area contributed by atoms with E-state index in [0.717, 1.165) is 12.1 Å². The van der Waals surface area contributed by atoms with Crippen molar-refractivity contribution < 1.29 is 27.9 Å². The summed E-state index contributed by atoms with van der Waals surface area (Å²) in [6.07, 6.45) is -2.43. The monoisotopic (exact) mass is 307 g/mol. The molecule has 0 unspecified atom stereocenters. The highest BCUT2D eigenvalue weighted by atomic mass is 35.5. The number of hydrogen-bond acceptors (Lipinski definition) is 2. The van der Waals surface area contributed by atoms with Gasteiger partial charge in [0.05, 0.1) is 0 Å². The Balaban J connectivity index is 2.81. The summed E-state index contributed by atoms with van der Waals surface area (Å²) in [6, 6.07) is 3.75. The number of halogens is 4. The first-order valence-electron chi connectivity index (χ1n) is 5.24. The van der Waals surface area contributed by atoms with Crippen LogP contribution in [-0.4, -0.2) is 29.7 Å². The van der Waals surface area contributed by atoms with Crippen LogP contribution < -0.4 is 5.32 Å². The van der Waals surface area contributed by atoms with Crippen molar-refractivity contribution >= 4 is 29.6 Å². The fourth-order valence-corrected chi connectivity index (χ4v) is 1.49. The largest absolute Gasteiger partial charge is 0.478 e. The predicted octanol–water partition coefficient (Wildman–Crippen LogP) is 2.73. The van der Waals surface area contributed by atoms with Gasteiger partial charge in [0.2, 0.25) is 0 Å². The van der Waals surface area contributed by atoms with E-state index in [9.17, 15) is 22.8 Å². The van der Waals surface area contributed by atoms with Crippen molar-refractivity contribution in [2.24, 2.45) is 0 Å². The lowest BCUT2D eigenvalue weighted by Crippen LogP contribution is -2.33. The van der Waals surface area contributed by atoms with Gasteiger partial charge in [-0.15, -0.1) is 0 Å². The van der Waals surface area contributed by atoms with Crippen molar-refractivity contribution in [2.45, 2.75) is 6.18 Å². The van der Waals surface area contributed by atoms with E-state index in [1.54, 1.807) is 5.32 Å². The quantitative estimate of drug-likeness (QED) is 0.841. The van der Waals surface area contributed by atoms with E-state index >= 15 is 0 Å². The van der Waals surface area contributed by atoms with Crippen LogP contribution in [0, 0.1) is 0 Å². The summed E-state index contributed by atoms with van der Waals surface area (Å²) in [5, 5.41) is 10.2. The summed E-state index contributed by atoms with van der Waals surface area (Å²) in [4.78, 5) is 21.8. The molecule has 1 amide bonds. The van der Waals surface area contributed by atoms with Crippen molar-refractivity contribution in [3.63, 3.8) is 0 Å². The SMILES string of the molecule is O=C(O)/C=C/c1ccc(C(=O)NCC(F)(F)F)cc1Cl. The number of aliphatic carboxylic acids is 1. The molecule has 20 heavy (non-hydrogen) atoms. The molecule has 0 bridgehead atoms. The number of hydrogen-bond donors (Lipinski definition) is 2. The van der Waals surface area contributed by atoms with Crippen molar-refractivity contribution in [2.75, 3.05) is 6.54 Å². The number of nitrogens with one attached hydrogen (secondary N) is 1. The summed E-state index contributed by atoms with van der Waals surface area (Å²) in [6.45, 7) is -1.44. The Morgan fingerprint density at radius 3 is 2.50 bits per heavy atom. The zero-order chi connectivity index (χ0) is 15.3. The van der Waals surface area contributed by atoms with E-state index in [-0.39, 0.29) is 10.6 Å². The zero-order valence-electron chi connectivity index (χ0n) is 9.87. The van der Waals surface area contributed by atoms with E-state index in [0.29, 0.717) is 5.56 Å². The van der Waals surface area contributed by atoms with Crippen LogP contribution in [-0.2, 0) is 4.79 Å². The Labute approximate surface area is 116 Å². The van der Waals surface area contributed by atoms with Gasteiger partial charge in [0.25, 0.3) is 5.91 Å². The first-order valence-corrected chi connectivity index (χ1v) is 5.62. The summed E-state index contributed by atoms with van der Waals surface area (Å²) in [5.74, 6) is -2.09. The van der Waals surface area contributed by atoms with Crippen LogP contribution in [0.2, 0.25) is 5.02 Å². The summed E-state index contributed by atoms with van der Waals surface area (Å²) >= 11 is 5.80. The van der Waals surface area contributed by atoms with Gasteiger partial charge in [-0.1, -0.05) is 17.7 Å². The minimum absolute atomic E-state index is 0.0493. The van der Waals surface area contributed by atoms with E-state index in [1.807, 2.05) is 0 Å². The highest BCUT2D eigenvalue weighted by Crippen LogP contribution is 2.20. The molecule has 0 aliphatic rings. The number of benzene rings is 1. The third-order valence-electron chi connectivity index (χ3n) is 2.12. The van der Waals surface area contributed by atoms with Crippen molar-refractivity contribution in [3.8, 4) is 0 Å². The first-order chi connectivity index (χ1) is 9.19. The molecule has 0 heterocycles. The molecule has 0 aromatic heterocycles. The smallest absolute Gasteiger partial charge is 0.405 e. The molecule has 0 fully saturated rings. The number of carboxylic acid groups (broad SMARTS) is 1. The number of carbonyl (C=O) groups excluding carboxylic acids is 1. The Bertz CT molecular complexity index is 555. The molecule has 8 heteroatoms. The lowest BCUT2D eigenvalue weighted by atomic mass is 10.1. The Kier molecular flexibility index (Phi) is 5.15. The zero-order valence-corrected chi connectivity index (χ0v) is 10.6. The second-order valence-electron chi connectivity index (χ2n) is 3.71. The molecule has 0 aliphatic heterocycles. The molecule has 1 rings (SSSR count). The fraction of sp³-hybridized carbons (Fsp3) is 0.167. The number of carbonyl (C=O) groups is 2. The number of alkyl halides is 3. The highest BCUT2D eigenvalue weighted by Gasteiger charge is 2.27. The molecular formula is C12H9ClF3NO3. The fourth-order valence-electron chi connectivity index (χ4n) is 1.25. The molecule has 0 saturated heterocycles. The second-order valence-corrected chi connectivity index (χ2v) is 4.11. The van der Waals surface area contributed by atoms with Crippen LogP contribution in [0.25, 0.3) is 6.08 Å². The minimum atomic E-state index is -4.50. The van der Waals surface area contributed by atoms with Crippen LogP contribution in [0.1, 0.15) is 15.9 Å². The van der Waals surface area contributed by atoms with E-state index in [4.69, 9.17) is 16.7 Å². The van der Waals surface area contributed by atoms with E-state index in [2.05, 4.69) is 0 Å². The summed E-state index contributed by atoms with van der Waals surface area (Å²) in [7, 11) is 0. The van der Waals surface area contributed by atoms with E-state index in [1.165, 1.54) is 18.2 Å². The standard InChI is InChI=1S/C12H9ClF3NO3/c13-9-5-8(11(20)17-6-12(14,15)16)2-1-7(9)3-4-10(18)19/h1-5H,6H2,(H,17,20)(H,18,19)/b4-3+. The lowest BCUT2D eigenvalue weighted by Gasteiger charge is -2.09. The third kappa shape index (κ3) is 5.31. The van der Waals surface area contributed by atoms with Gasteiger partial charge in [-0.2, -0.15) is 13.2 Å². The third-order valence-corrected chi connectivity index (χ3v) is 2.44. The molecule has 4 nitrogen and oxygen atoms in total. The van der Waals surface area contributed by atoms with Gasteiger partial charge in [-0.25, -0.2) is 4.79 Å². The van der Waals surface area contributed by atoms with Gasteiger partial charge >= 0.3 is 12.1 Å². The van der Waals surface area contributed by atoms with Gasteiger partial charge in [-0.3, -0.25) is 4.79 Å². The molecular weight excluding hydrogens is 299 g/mol. The molecule has 0 aliphatic carbocycles. The molecule has 2 N–H and O–H groups in total. The van der Waals surface area contributed by atoms with Crippen molar-refractivity contribution in [1.29, 1.82) is 0 Å². The Morgan fingerprint density at radius 1 is 1.35 bits per heavy atom. The van der Waals surface area contributed by atoms with Crippen molar-refractivity contribution in [3.05, 3.63) is 40.4 Å². The lowest BCUT2D eigenvalue weighted by molar-refractivity contribution is -0.131. The molecule has 1 aromatic rings. The Hall–Kier alpha value is -2.02. The first kappa shape index (κ1) is 16.0. The Morgan fingerprint density at radius 2 is 2.00 bits per heavy atom. The highest BCUT2D eigenvalue weighted by molar-refractivity contribution is 6.32. The van der Waals surface area contributed by atoms with Gasteiger partial charge in [0.1, 0.15) is 6.54 Å². The average Bonchev–Trinajstić information content (AvgIpc) is 2.33. The summed E-state index contributed by atoms with van der Waals surface area (Å²) < 4.78 is 35.8. The molecule has 0 saturated carbocycles. The second kappa shape index (κ2) is 6.42. The maximum Gasteiger partial charge on any atom is 0.405 e. The topological polar surface area (TPSA) is 66.4 Å². The maximum atomic E-state index is 11.9. The van der Waals surface area contributed by atoms with Gasteiger partial charge in [0.15, 0.2) is 0 Å². The van der Waals surface area contributed by atoms with Crippen LogP contribution in [0.5, 0.6) is 0 Å². The van der Waals surface area contributed by atoms with E-state index < -0.39 is 24.6 Å². The van der Waals surface area contributed by atoms with Gasteiger partial charge < -0.3 is 10.4 Å². The normalized spacial score (nSPS) is 11.6. The van der Waals surface area contributed by atoms with Crippen molar-refractivity contribution in [1.82, 2.24) is 5.32 Å². The van der Waals surface area contributed by atoms with Crippen LogP contribution in [0.3, 0.4) is 0 Å². The molecule has 0 atom stereocenters. The average molecular weight is 308 g/mol. The predicted molar refractivity (Wildman–Crippen MR) is 66.5 cm³/mol. The minimum Gasteiger partial charge on any atom is -0.478 e. The summed E-state index contributed by atoms with van der Waals surface area (Å²) in [5.41, 5.74) is 0.285. The van der Waals surface area contributed by atoms with Crippen LogP contribution in [0.15, 0.2) is 24.3 Å². The molecule has 108 valence electrons. The molecule has 0 radical (unpaired) electrons. The number of rotatable bonds is 4. The number of amides is 1. The maximum absolute atomic E-state index is 11.9. The molecule has 1 aromatic carbocycles.